The van der Waals surface area contributed by atoms with E-state index in [0.717, 1.165) is 0 Å². The number of rotatable bonds is 5. The normalized spacial score (nSPS) is 9.22. The number of carbonyl (C=O) groups is 3. The lowest BCUT2D eigenvalue weighted by Crippen LogP contribution is -2.36. The molecule has 0 atom stereocenters. The quantitative estimate of drug-likeness (QED) is 0.432. The molecule has 0 saturated carbocycles. The maximum Gasteiger partial charge on any atom is 0.337 e. The van der Waals surface area contributed by atoms with Gasteiger partial charge in [-0.15, -0.1) is 0 Å². The van der Waals surface area contributed by atoms with Crippen molar-refractivity contribution in [2.45, 2.75) is 0 Å². The standard InChI is InChI=1S/C11H12N2O5/c1-17-9-5-7(11(16)18-2)3-4-8(9)10(15)13-12-6-14/h3-6H,1-2H3,(H,12,14)(H,13,15). The molecule has 2 N–H and O–H groups in total. The zero-order valence-corrected chi connectivity index (χ0v) is 9.85. The minimum Gasteiger partial charge on any atom is -0.496 e. The molecule has 1 rings (SSSR count). The first-order chi connectivity index (χ1) is 8.63. The third-order valence-corrected chi connectivity index (χ3v) is 2.11. The summed E-state index contributed by atoms with van der Waals surface area (Å²) in [6.45, 7) is 0. The minimum atomic E-state index is -0.560. The van der Waals surface area contributed by atoms with Crippen molar-refractivity contribution in [2.24, 2.45) is 0 Å². The van der Waals surface area contributed by atoms with Crippen LogP contribution in [0.3, 0.4) is 0 Å². The van der Waals surface area contributed by atoms with Crippen LogP contribution in [-0.4, -0.2) is 32.5 Å². The van der Waals surface area contributed by atoms with Crippen LogP contribution in [0.5, 0.6) is 5.75 Å². The number of methoxy groups -OCH3 is 2. The number of benzene rings is 1. The molecule has 0 bridgehead atoms. The number of ether oxygens (including phenoxy) is 2. The molecule has 7 heteroatoms. The lowest BCUT2D eigenvalue weighted by atomic mass is 10.1. The van der Waals surface area contributed by atoms with E-state index in [2.05, 4.69) is 10.2 Å². The highest BCUT2D eigenvalue weighted by molar-refractivity contribution is 5.99. The molecule has 0 aliphatic carbocycles. The maximum absolute atomic E-state index is 11.6. The van der Waals surface area contributed by atoms with Crippen LogP contribution in [0.4, 0.5) is 0 Å². The van der Waals surface area contributed by atoms with Crippen LogP contribution in [-0.2, 0) is 9.53 Å². The van der Waals surface area contributed by atoms with Crippen LogP contribution < -0.4 is 15.6 Å². The van der Waals surface area contributed by atoms with E-state index in [-0.39, 0.29) is 16.9 Å². The van der Waals surface area contributed by atoms with Gasteiger partial charge in [0.15, 0.2) is 0 Å². The second-order valence-electron chi connectivity index (χ2n) is 3.12. The third kappa shape index (κ3) is 2.97. The van der Waals surface area contributed by atoms with Crippen molar-refractivity contribution >= 4 is 18.3 Å². The Bertz CT molecular complexity index is 473. The first kappa shape index (κ1) is 13.5. The van der Waals surface area contributed by atoms with Crippen LogP contribution in [0.1, 0.15) is 20.7 Å². The average Bonchev–Trinajstić information content (AvgIpc) is 2.42. The van der Waals surface area contributed by atoms with Crippen LogP contribution in [0.15, 0.2) is 18.2 Å². The number of hydrogen-bond acceptors (Lipinski definition) is 5. The second-order valence-corrected chi connectivity index (χ2v) is 3.12. The monoisotopic (exact) mass is 252 g/mol. The predicted octanol–water partition coefficient (Wildman–Crippen LogP) is -0.127. The Hall–Kier alpha value is -2.57. The summed E-state index contributed by atoms with van der Waals surface area (Å²) in [6.07, 6.45) is 0.327. The third-order valence-electron chi connectivity index (χ3n) is 2.11. The first-order valence-electron chi connectivity index (χ1n) is 4.90. The van der Waals surface area contributed by atoms with Crippen LogP contribution in [0.2, 0.25) is 0 Å². The van der Waals surface area contributed by atoms with E-state index in [1.165, 1.54) is 32.4 Å². The van der Waals surface area contributed by atoms with Crippen molar-refractivity contribution in [2.75, 3.05) is 14.2 Å². The summed E-state index contributed by atoms with van der Waals surface area (Å²) >= 11 is 0. The van der Waals surface area contributed by atoms with Gasteiger partial charge in [-0.2, -0.15) is 0 Å². The van der Waals surface area contributed by atoms with Crippen LogP contribution >= 0.6 is 0 Å². The number of hydrogen-bond donors (Lipinski definition) is 2. The van der Waals surface area contributed by atoms with E-state index in [4.69, 9.17) is 4.74 Å². The number of esters is 1. The highest BCUT2D eigenvalue weighted by Crippen LogP contribution is 2.20. The van der Waals surface area contributed by atoms with Crippen molar-refractivity contribution in [1.29, 1.82) is 0 Å². The first-order valence-corrected chi connectivity index (χ1v) is 4.90. The van der Waals surface area contributed by atoms with E-state index < -0.39 is 11.9 Å². The van der Waals surface area contributed by atoms with Gasteiger partial charge in [-0.25, -0.2) is 4.79 Å². The number of nitrogens with one attached hydrogen (secondary N) is 2. The van der Waals surface area contributed by atoms with Gasteiger partial charge in [-0.3, -0.25) is 20.4 Å². The van der Waals surface area contributed by atoms with Gasteiger partial charge in [0.1, 0.15) is 5.75 Å². The fourth-order valence-corrected chi connectivity index (χ4v) is 1.29. The van der Waals surface area contributed by atoms with E-state index in [1.807, 2.05) is 5.43 Å². The van der Waals surface area contributed by atoms with Crippen LogP contribution in [0.25, 0.3) is 0 Å². The molecule has 2 amide bonds. The van der Waals surface area contributed by atoms with E-state index in [0.29, 0.717) is 6.41 Å². The highest BCUT2D eigenvalue weighted by Gasteiger charge is 2.15. The summed E-state index contributed by atoms with van der Waals surface area (Å²) in [4.78, 5) is 33.0. The molecule has 0 aromatic heterocycles. The van der Waals surface area contributed by atoms with Gasteiger partial charge >= 0.3 is 5.97 Å². The molecule has 1 aromatic carbocycles. The topological polar surface area (TPSA) is 93.7 Å². The van der Waals surface area contributed by atoms with Gasteiger partial charge in [0, 0.05) is 0 Å². The van der Waals surface area contributed by atoms with Gasteiger partial charge < -0.3 is 9.47 Å². The molecule has 0 fully saturated rings. The van der Waals surface area contributed by atoms with E-state index in [9.17, 15) is 14.4 Å². The molecule has 0 heterocycles. The highest BCUT2D eigenvalue weighted by atomic mass is 16.5. The van der Waals surface area contributed by atoms with Crippen LogP contribution in [0, 0.1) is 0 Å². The lowest BCUT2D eigenvalue weighted by molar-refractivity contribution is -0.110. The molecule has 7 nitrogen and oxygen atoms in total. The largest absolute Gasteiger partial charge is 0.496 e. The average molecular weight is 252 g/mol. The molecular formula is C11H12N2O5. The maximum atomic E-state index is 11.6. The Morgan fingerprint density at radius 1 is 1.28 bits per heavy atom. The van der Waals surface area contributed by atoms with Gasteiger partial charge in [0.05, 0.1) is 25.3 Å². The Balaban J connectivity index is 3.03. The molecular weight excluding hydrogens is 240 g/mol. The summed E-state index contributed by atoms with van der Waals surface area (Å²) in [5.41, 5.74) is 4.59. The van der Waals surface area contributed by atoms with Gasteiger partial charge in [-0.05, 0) is 18.2 Å². The van der Waals surface area contributed by atoms with Crippen molar-refractivity contribution in [3.05, 3.63) is 29.3 Å². The molecule has 0 aliphatic rings. The molecule has 0 aliphatic heterocycles. The van der Waals surface area contributed by atoms with Gasteiger partial charge in [-0.1, -0.05) is 0 Å². The van der Waals surface area contributed by atoms with Crippen molar-refractivity contribution in [1.82, 2.24) is 10.9 Å². The number of hydrazine groups is 1. The Labute approximate surface area is 103 Å². The molecule has 0 unspecified atom stereocenters. The fraction of sp³-hybridized carbons (Fsp3) is 0.182. The van der Waals surface area contributed by atoms with Crippen molar-refractivity contribution in [3.8, 4) is 5.75 Å². The molecule has 0 spiro atoms. The predicted molar refractivity (Wildman–Crippen MR) is 61.0 cm³/mol. The second kappa shape index (κ2) is 6.24. The SMILES string of the molecule is COC(=O)c1ccc(C(=O)NNC=O)c(OC)c1. The number of amides is 2. The summed E-state index contributed by atoms with van der Waals surface area (Å²) < 4.78 is 9.54. The smallest absolute Gasteiger partial charge is 0.337 e. The summed E-state index contributed by atoms with van der Waals surface area (Å²) in [5.74, 6) is -0.898. The summed E-state index contributed by atoms with van der Waals surface area (Å²) in [6, 6.07) is 4.19. The fourth-order valence-electron chi connectivity index (χ4n) is 1.29. The summed E-state index contributed by atoms with van der Waals surface area (Å²) in [5, 5.41) is 0. The zero-order chi connectivity index (χ0) is 13.5. The molecule has 96 valence electrons. The molecule has 1 aromatic rings. The summed E-state index contributed by atoms with van der Waals surface area (Å²) in [7, 11) is 2.61. The van der Waals surface area contributed by atoms with Crippen molar-refractivity contribution in [3.63, 3.8) is 0 Å². The Morgan fingerprint density at radius 2 is 2.00 bits per heavy atom. The Morgan fingerprint density at radius 3 is 2.56 bits per heavy atom. The number of carbonyl (C=O) groups excluding carboxylic acids is 3. The van der Waals surface area contributed by atoms with E-state index in [1.54, 1.807) is 0 Å². The van der Waals surface area contributed by atoms with Gasteiger partial charge in [0.2, 0.25) is 6.41 Å². The van der Waals surface area contributed by atoms with Crippen molar-refractivity contribution < 1.29 is 23.9 Å². The lowest BCUT2D eigenvalue weighted by Gasteiger charge is -2.09. The van der Waals surface area contributed by atoms with Gasteiger partial charge in [0.25, 0.3) is 5.91 Å². The Kier molecular flexibility index (Phi) is 4.67. The molecule has 0 radical (unpaired) electrons. The minimum absolute atomic E-state index is 0.180. The molecule has 18 heavy (non-hydrogen) atoms. The molecule has 0 saturated heterocycles. The zero-order valence-electron chi connectivity index (χ0n) is 9.85. The van der Waals surface area contributed by atoms with E-state index >= 15 is 0 Å².